The van der Waals surface area contributed by atoms with Crippen molar-refractivity contribution in [2.45, 2.75) is 23.6 Å². The average Bonchev–Trinajstić information content (AvgIpc) is 2.92. The van der Waals surface area contributed by atoms with Gasteiger partial charge in [0.15, 0.2) is 4.90 Å². The molecule has 33 heavy (non-hydrogen) atoms. The monoisotopic (exact) mass is 474 g/mol. The van der Waals surface area contributed by atoms with Crippen molar-refractivity contribution in [1.29, 1.82) is 0 Å². The predicted octanol–water partition coefficient (Wildman–Crippen LogP) is 6.25. The summed E-state index contributed by atoms with van der Waals surface area (Å²) in [6.07, 6.45) is 0. The van der Waals surface area contributed by atoms with Gasteiger partial charge >= 0.3 is 10.0 Å². The van der Waals surface area contributed by atoms with Crippen molar-refractivity contribution in [1.82, 2.24) is 0 Å². The van der Waals surface area contributed by atoms with Crippen molar-refractivity contribution in [2.75, 3.05) is 3.71 Å². The van der Waals surface area contributed by atoms with Crippen molar-refractivity contribution in [3.8, 4) is 11.1 Å². The van der Waals surface area contributed by atoms with Gasteiger partial charge in [0.05, 0.1) is 15.2 Å². The summed E-state index contributed by atoms with van der Waals surface area (Å²) < 4.78 is 48.7. The van der Waals surface area contributed by atoms with E-state index in [2.05, 4.69) is 4.36 Å². The lowest BCUT2D eigenvalue weighted by atomic mass is 10.0. The van der Waals surface area contributed by atoms with Gasteiger partial charge in [-0.15, -0.1) is 0 Å². The highest BCUT2D eigenvalue weighted by molar-refractivity contribution is 8.14. The van der Waals surface area contributed by atoms with E-state index >= 15 is 0 Å². The molecule has 1 aliphatic heterocycles. The summed E-state index contributed by atoms with van der Waals surface area (Å²) in [5, 5.41) is 0. The number of fused-ring (bicyclic) bond motifs is 3. The minimum absolute atomic E-state index is 0.0592. The summed E-state index contributed by atoms with van der Waals surface area (Å²) in [7, 11) is -7.87. The Labute approximate surface area is 195 Å². The summed E-state index contributed by atoms with van der Waals surface area (Å²) in [5.74, 6) is 0. The van der Waals surface area contributed by atoms with Crippen LogP contribution in [0.2, 0.25) is 0 Å². The summed E-state index contributed by atoms with van der Waals surface area (Å²) in [4.78, 5) is 0.388. The van der Waals surface area contributed by atoms with Crippen molar-refractivity contribution in [2.24, 2.45) is 4.36 Å². The van der Waals surface area contributed by atoms with Gasteiger partial charge in [0, 0.05) is 11.1 Å². The maximum Gasteiger partial charge on any atom is 0.301 e. The topological polar surface area (TPSA) is 72.8 Å². The Morgan fingerprint density at radius 3 is 1.94 bits per heavy atom. The zero-order valence-corrected chi connectivity index (χ0v) is 19.8. The number of aryl methyl sites for hydroxylation is 2. The Kier molecular flexibility index (Phi) is 5.20. The second-order valence-corrected chi connectivity index (χ2v) is 12.0. The van der Waals surface area contributed by atoms with E-state index in [0.717, 1.165) is 20.4 Å². The molecule has 0 amide bonds. The van der Waals surface area contributed by atoms with E-state index in [0.29, 0.717) is 21.8 Å². The quantitative estimate of drug-likeness (QED) is 0.329. The van der Waals surface area contributed by atoms with Crippen molar-refractivity contribution in [3.05, 3.63) is 108 Å². The lowest BCUT2D eigenvalue weighted by Gasteiger charge is -2.33. The minimum Gasteiger partial charge on any atom is -0.604 e. The van der Waals surface area contributed by atoms with Gasteiger partial charge < -0.3 is 4.55 Å². The number of sulfonamides is 1. The number of nitrogens with zero attached hydrogens (tertiary/aromatic N) is 2. The molecule has 5 nitrogen and oxygen atoms in total. The second-order valence-electron chi connectivity index (χ2n) is 7.98. The molecule has 0 bridgehead atoms. The molecule has 5 rings (SSSR count). The third-order valence-corrected chi connectivity index (χ3v) is 10.3. The first kappa shape index (κ1) is 21.6. The highest BCUT2D eigenvalue weighted by atomic mass is 32.3. The van der Waals surface area contributed by atoms with Gasteiger partial charge in [0.2, 0.25) is 0 Å². The van der Waals surface area contributed by atoms with Crippen LogP contribution in [0.25, 0.3) is 11.1 Å². The van der Waals surface area contributed by atoms with Gasteiger partial charge in [-0.1, -0.05) is 79.9 Å². The standard InChI is InChI=1S/C26H22N2O3S2/c1-19-11-15-21(16-12-19)32(29)27-25-9-5-3-7-23(25)24-8-4-6-10-26(24)28(32)33(30,31)22-17-13-20(2)14-18-22/h3-18H,1-2H3. The van der Waals surface area contributed by atoms with E-state index < -0.39 is 20.3 Å². The smallest absolute Gasteiger partial charge is 0.301 e. The van der Waals surface area contributed by atoms with Gasteiger partial charge in [-0.25, -0.2) is 0 Å². The van der Waals surface area contributed by atoms with Crippen LogP contribution >= 0.6 is 0 Å². The number of hydrogen-bond donors (Lipinski definition) is 0. The Balaban J connectivity index is 1.90. The molecule has 0 aliphatic carbocycles. The van der Waals surface area contributed by atoms with Crippen molar-refractivity contribution in [3.63, 3.8) is 0 Å². The zero-order valence-electron chi connectivity index (χ0n) is 18.2. The van der Waals surface area contributed by atoms with Gasteiger partial charge in [0.25, 0.3) is 0 Å². The molecule has 0 saturated carbocycles. The van der Waals surface area contributed by atoms with Crippen LogP contribution in [-0.4, -0.2) is 13.0 Å². The van der Waals surface area contributed by atoms with Gasteiger partial charge in [0.1, 0.15) is 11.4 Å². The first-order valence-electron chi connectivity index (χ1n) is 10.5. The van der Waals surface area contributed by atoms with E-state index in [-0.39, 0.29) is 4.90 Å². The first-order chi connectivity index (χ1) is 15.8. The molecule has 1 aliphatic rings. The predicted molar refractivity (Wildman–Crippen MR) is 132 cm³/mol. The minimum atomic E-state index is -4.24. The van der Waals surface area contributed by atoms with Crippen LogP contribution < -0.4 is 3.71 Å². The third kappa shape index (κ3) is 3.58. The Morgan fingerprint density at radius 2 is 1.27 bits per heavy atom. The SMILES string of the molecule is Cc1ccc(S(=O)(=O)N2c3ccccc3-c3ccccc3N=[S+]2([O-])c2ccc(C)cc2)cc1. The zero-order chi connectivity index (χ0) is 23.2. The summed E-state index contributed by atoms with van der Waals surface area (Å²) in [6.45, 7) is 3.81. The average molecular weight is 475 g/mol. The van der Waals surface area contributed by atoms with Crippen LogP contribution in [-0.2, 0) is 20.3 Å². The summed E-state index contributed by atoms with van der Waals surface area (Å²) in [5.41, 5.74) is 4.11. The van der Waals surface area contributed by atoms with Crippen LogP contribution in [0, 0.1) is 13.8 Å². The van der Waals surface area contributed by atoms with E-state index in [1.807, 2.05) is 56.3 Å². The van der Waals surface area contributed by atoms with Gasteiger partial charge in [-0.2, -0.15) is 8.42 Å². The molecular weight excluding hydrogens is 452 g/mol. The Morgan fingerprint density at radius 1 is 0.727 bits per heavy atom. The number of rotatable bonds is 3. The number of benzene rings is 4. The molecule has 0 fully saturated rings. The maximum absolute atomic E-state index is 14.9. The first-order valence-corrected chi connectivity index (χ1v) is 13.4. The van der Waals surface area contributed by atoms with Crippen LogP contribution in [0.1, 0.15) is 11.1 Å². The third-order valence-electron chi connectivity index (χ3n) is 5.61. The molecule has 4 aromatic carbocycles. The molecule has 0 N–H and O–H groups in total. The second kappa shape index (κ2) is 7.95. The fourth-order valence-corrected chi connectivity index (χ4v) is 8.36. The molecule has 1 atom stereocenters. The number of para-hydroxylation sites is 1. The van der Waals surface area contributed by atoms with E-state index in [1.165, 1.54) is 0 Å². The van der Waals surface area contributed by atoms with Crippen LogP contribution in [0.3, 0.4) is 0 Å². The van der Waals surface area contributed by atoms with E-state index in [1.54, 1.807) is 54.6 Å². The van der Waals surface area contributed by atoms with Crippen molar-refractivity contribution < 1.29 is 13.0 Å². The fraction of sp³-hybridized carbons (Fsp3) is 0.0769. The van der Waals surface area contributed by atoms with Gasteiger partial charge in [-0.05, 0) is 50.2 Å². The molecular formula is C26H22N2O3S2. The number of anilines is 1. The van der Waals surface area contributed by atoms with Gasteiger partial charge in [-0.3, -0.25) is 0 Å². The molecule has 4 aromatic rings. The maximum atomic E-state index is 14.9. The van der Waals surface area contributed by atoms with Crippen LogP contribution in [0.4, 0.5) is 11.4 Å². The highest BCUT2D eigenvalue weighted by Crippen LogP contribution is 2.47. The molecule has 7 heteroatoms. The van der Waals surface area contributed by atoms with Crippen LogP contribution in [0.5, 0.6) is 0 Å². The molecule has 1 unspecified atom stereocenters. The molecule has 0 aromatic heterocycles. The highest BCUT2D eigenvalue weighted by Gasteiger charge is 2.43. The normalized spacial score (nSPS) is 17.5. The molecule has 0 spiro atoms. The molecule has 0 radical (unpaired) electrons. The molecule has 0 saturated heterocycles. The largest absolute Gasteiger partial charge is 0.604 e. The lowest BCUT2D eigenvalue weighted by Crippen LogP contribution is -2.41. The van der Waals surface area contributed by atoms with Crippen molar-refractivity contribution >= 4 is 31.7 Å². The van der Waals surface area contributed by atoms with E-state index in [4.69, 9.17) is 0 Å². The summed E-state index contributed by atoms with van der Waals surface area (Å²) >= 11 is 0. The lowest BCUT2D eigenvalue weighted by molar-refractivity contribution is 0.576. The molecule has 1 heterocycles. The summed E-state index contributed by atoms with van der Waals surface area (Å²) in [6, 6.07) is 28.0. The van der Waals surface area contributed by atoms with Crippen LogP contribution in [0.15, 0.2) is 111 Å². The van der Waals surface area contributed by atoms with E-state index in [9.17, 15) is 13.0 Å². The fourth-order valence-electron chi connectivity index (χ4n) is 3.88. The Bertz CT molecular complexity index is 1510. The Hall–Kier alpha value is -3.26. The molecule has 166 valence electrons. The number of hydrogen-bond acceptors (Lipinski definition) is 4.